The fourth-order valence-electron chi connectivity index (χ4n) is 1.50. The van der Waals surface area contributed by atoms with Gasteiger partial charge in [-0.2, -0.15) is 0 Å². The molecule has 0 amide bonds. The molecule has 0 spiro atoms. The van der Waals surface area contributed by atoms with Crippen molar-refractivity contribution in [2.24, 2.45) is 0 Å². The second kappa shape index (κ2) is 6.15. The van der Waals surface area contributed by atoms with Crippen LogP contribution in [0.15, 0.2) is 29.4 Å². The minimum Gasteiger partial charge on any atom is -0.480 e. The van der Waals surface area contributed by atoms with Gasteiger partial charge in [0.25, 0.3) is 0 Å². The number of carbonyl (C=O) groups is 1. The third-order valence-electron chi connectivity index (χ3n) is 2.64. The molecule has 0 fully saturated rings. The van der Waals surface area contributed by atoms with Crippen LogP contribution in [0.25, 0.3) is 0 Å². The number of aliphatic carboxylic acids is 1. The Morgan fingerprint density at radius 3 is 2.70 bits per heavy atom. The Labute approximate surface area is 124 Å². The maximum absolute atomic E-state index is 10.8. The Morgan fingerprint density at radius 2 is 2.10 bits per heavy atom. The molecule has 0 aliphatic heterocycles. The zero-order valence-corrected chi connectivity index (χ0v) is 12.2. The maximum atomic E-state index is 10.8. The lowest BCUT2D eigenvalue weighted by atomic mass is 10.1. The minimum absolute atomic E-state index is 0.379. The van der Waals surface area contributed by atoms with Gasteiger partial charge in [0.1, 0.15) is 5.25 Å². The van der Waals surface area contributed by atoms with Crippen LogP contribution in [0.4, 0.5) is 0 Å². The van der Waals surface area contributed by atoms with Crippen molar-refractivity contribution in [3.05, 3.63) is 40.7 Å². The van der Waals surface area contributed by atoms with Crippen LogP contribution in [0.1, 0.15) is 18.3 Å². The minimum atomic E-state index is -0.919. The molecule has 106 valence electrons. The van der Waals surface area contributed by atoms with E-state index in [4.69, 9.17) is 22.6 Å². The van der Waals surface area contributed by atoms with Crippen LogP contribution in [0.5, 0.6) is 0 Å². The van der Waals surface area contributed by atoms with E-state index in [0.29, 0.717) is 22.4 Å². The quantitative estimate of drug-likeness (QED) is 0.646. The van der Waals surface area contributed by atoms with Crippen molar-refractivity contribution < 1.29 is 9.90 Å². The van der Waals surface area contributed by atoms with E-state index in [2.05, 4.69) is 10.2 Å². The van der Waals surface area contributed by atoms with Crippen LogP contribution in [0.2, 0.25) is 5.02 Å². The number of nitrogens with zero attached hydrogens (tertiary/aromatic N) is 3. The zero-order valence-electron chi connectivity index (χ0n) is 10.7. The predicted molar refractivity (Wildman–Crippen MR) is 77.4 cm³/mol. The highest BCUT2D eigenvalue weighted by atomic mass is 35.5. The summed E-state index contributed by atoms with van der Waals surface area (Å²) in [5.74, 6) is 5.52. The van der Waals surface area contributed by atoms with Crippen molar-refractivity contribution >= 4 is 29.3 Å². The van der Waals surface area contributed by atoms with Crippen molar-refractivity contribution in [2.45, 2.75) is 23.8 Å². The van der Waals surface area contributed by atoms with E-state index >= 15 is 0 Å². The summed E-state index contributed by atoms with van der Waals surface area (Å²) in [5, 5.41) is 17.2. The molecular formula is C12H13ClN4O2S. The van der Waals surface area contributed by atoms with Crippen LogP contribution in [-0.2, 0) is 11.2 Å². The van der Waals surface area contributed by atoms with Crippen molar-refractivity contribution in [1.82, 2.24) is 14.9 Å². The number of aromatic nitrogens is 3. The first-order valence-electron chi connectivity index (χ1n) is 5.80. The van der Waals surface area contributed by atoms with Gasteiger partial charge in [-0.15, -0.1) is 10.2 Å². The van der Waals surface area contributed by atoms with Gasteiger partial charge in [-0.05, 0) is 24.6 Å². The number of thioether (sulfide) groups is 1. The van der Waals surface area contributed by atoms with Crippen molar-refractivity contribution in [3.8, 4) is 0 Å². The van der Waals surface area contributed by atoms with Gasteiger partial charge in [0.15, 0.2) is 5.82 Å². The summed E-state index contributed by atoms with van der Waals surface area (Å²) in [4.78, 5) is 10.8. The monoisotopic (exact) mass is 312 g/mol. The molecule has 8 heteroatoms. The maximum Gasteiger partial charge on any atom is 0.316 e. The van der Waals surface area contributed by atoms with E-state index in [1.54, 1.807) is 19.1 Å². The lowest BCUT2D eigenvalue weighted by Gasteiger charge is -2.06. The highest BCUT2D eigenvalue weighted by Gasteiger charge is 2.18. The largest absolute Gasteiger partial charge is 0.480 e. The summed E-state index contributed by atoms with van der Waals surface area (Å²) in [5.41, 5.74) is 0.997. The molecule has 1 atom stereocenters. The number of halogens is 1. The third-order valence-corrected chi connectivity index (χ3v) is 3.94. The van der Waals surface area contributed by atoms with E-state index < -0.39 is 11.2 Å². The first-order chi connectivity index (χ1) is 9.47. The van der Waals surface area contributed by atoms with Crippen LogP contribution < -0.4 is 5.84 Å². The molecule has 2 rings (SSSR count). The van der Waals surface area contributed by atoms with Crippen molar-refractivity contribution in [2.75, 3.05) is 5.84 Å². The predicted octanol–water partition coefficient (Wildman–Crippen LogP) is 1.80. The Kier molecular flexibility index (Phi) is 4.51. The fraction of sp³-hybridized carbons (Fsp3) is 0.250. The van der Waals surface area contributed by atoms with Gasteiger partial charge in [0.2, 0.25) is 5.16 Å². The molecule has 2 aromatic rings. The molecule has 1 unspecified atom stereocenters. The standard InChI is InChI=1S/C12H13ClN4O2S/c1-7(11(18)19)20-12-16-15-10(17(12)14)6-8-2-4-9(13)5-3-8/h2-5,7H,6,14H2,1H3,(H,18,19). The molecule has 1 aromatic heterocycles. The lowest BCUT2D eigenvalue weighted by Crippen LogP contribution is -2.17. The average molecular weight is 313 g/mol. The number of hydrogen-bond acceptors (Lipinski definition) is 5. The first-order valence-corrected chi connectivity index (χ1v) is 7.06. The van der Waals surface area contributed by atoms with Gasteiger partial charge in [0.05, 0.1) is 0 Å². The summed E-state index contributed by atoms with van der Waals surface area (Å²) in [6.07, 6.45) is 0.503. The molecule has 0 saturated carbocycles. The summed E-state index contributed by atoms with van der Waals surface area (Å²) in [6, 6.07) is 7.33. The van der Waals surface area contributed by atoms with Gasteiger partial charge < -0.3 is 10.9 Å². The number of carboxylic acid groups (broad SMARTS) is 1. The summed E-state index contributed by atoms with van der Waals surface area (Å²) < 4.78 is 1.32. The molecule has 0 aliphatic rings. The Balaban J connectivity index is 2.12. The molecular weight excluding hydrogens is 300 g/mol. The first kappa shape index (κ1) is 14.7. The molecule has 3 N–H and O–H groups in total. The highest BCUT2D eigenvalue weighted by Crippen LogP contribution is 2.21. The molecule has 0 bridgehead atoms. The number of rotatable bonds is 5. The van der Waals surface area contributed by atoms with E-state index in [1.807, 2.05) is 12.1 Å². The SMILES string of the molecule is CC(Sc1nnc(Cc2ccc(Cl)cc2)n1N)C(=O)O. The Bertz CT molecular complexity index is 614. The van der Waals surface area contributed by atoms with Crippen molar-refractivity contribution in [1.29, 1.82) is 0 Å². The van der Waals surface area contributed by atoms with Crippen LogP contribution >= 0.6 is 23.4 Å². The summed E-state index contributed by atoms with van der Waals surface area (Å²) >= 11 is 6.88. The number of benzene rings is 1. The molecule has 1 heterocycles. The normalized spacial score (nSPS) is 12.3. The van der Waals surface area contributed by atoms with Gasteiger partial charge in [-0.1, -0.05) is 35.5 Å². The van der Waals surface area contributed by atoms with Gasteiger partial charge in [-0.25, -0.2) is 4.68 Å². The fourth-order valence-corrected chi connectivity index (χ4v) is 2.35. The van der Waals surface area contributed by atoms with E-state index in [1.165, 1.54) is 4.68 Å². The van der Waals surface area contributed by atoms with Crippen LogP contribution in [0, 0.1) is 0 Å². The second-order valence-corrected chi connectivity index (χ2v) is 5.91. The van der Waals surface area contributed by atoms with E-state index in [0.717, 1.165) is 17.3 Å². The Morgan fingerprint density at radius 1 is 1.45 bits per heavy atom. The molecule has 0 radical (unpaired) electrons. The summed E-state index contributed by atoms with van der Waals surface area (Å²) in [7, 11) is 0. The summed E-state index contributed by atoms with van der Waals surface area (Å²) in [6.45, 7) is 1.57. The number of carboxylic acids is 1. The number of hydrogen-bond donors (Lipinski definition) is 2. The van der Waals surface area contributed by atoms with Gasteiger partial charge >= 0.3 is 5.97 Å². The smallest absolute Gasteiger partial charge is 0.316 e. The van der Waals surface area contributed by atoms with Crippen LogP contribution in [-0.4, -0.2) is 31.2 Å². The molecule has 6 nitrogen and oxygen atoms in total. The second-order valence-electron chi connectivity index (χ2n) is 4.17. The van der Waals surface area contributed by atoms with Crippen molar-refractivity contribution in [3.63, 3.8) is 0 Å². The average Bonchev–Trinajstić information content (AvgIpc) is 2.74. The third kappa shape index (κ3) is 3.43. The van der Waals surface area contributed by atoms with Gasteiger partial charge in [-0.3, -0.25) is 4.79 Å². The highest BCUT2D eigenvalue weighted by molar-refractivity contribution is 8.00. The molecule has 1 aromatic carbocycles. The molecule has 0 aliphatic carbocycles. The van der Waals surface area contributed by atoms with Gasteiger partial charge in [0, 0.05) is 11.4 Å². The number of nitrogens with two attached hydrogens (primary N) is 1. The van der Waals surface area contributed by atoms with Crippen LogP contribution in [0.3, 0.4) is 0 Å². The topological polar surface area (TPSA) is 94.0 Å². The molecule has 0 saturated heterocycles. The lowest BCUT2D eigenvalue weighted by molar-refractivity contribution is -0.136. The van der Waals surface area contributed by atoms with E-state index in [9.17, 15) is 4.79 Å². The Hall–Kier alpha value is -1.73. The number of nitrogen functional groups attached to an aromatic ring is 1. The van der Waals surface area contributed by atoms with E-state index in [-0.39, 0.29) is 0 Å². The zero-order chi connectivity index (χ0) is 14.7. The molecule has 20 heavy (non-hydrogen) atoms.